The topological polar surface area (TPSA) is 85.1 Å². The van der Waals surface area contributed by atoms with Crippen LogP contribution in [0.5, 0.6) is 0 Å². The van der Waals surface area contributed by atoms with Crippen LogP contribution in [0.2, 0.25) is 5.15 Å². The quantitative estimate of drug-likeness (QED) is 0.731. The predicted octanol–water partition coefficient (Wildman–Crippen LogP) is 0.339. The van der Waals surface area contributed by atoms with Crippen LogP contribution >= 0.6 is 11.6 Å². The van der Waals surface area contributed by atoms with Gasteiger partial charge in [-0.25, -0.2) is 4.98 Å². The molecule has 5 nitrogen and oxygen atoms in total. The molecule has 1 heterocycles. The lowest BCUT2D eigenvalue weighted by Crippen LogP contribution is -2.42. The molecule has 0 spiro atoms. The number of hydrogen-bond donors (Lipinski definition) is 2. The van der Waals surface area contributed by atoms with Gasteiger partial charge in [-0.1, -0.05) is 11.6 Å². The summed E-state index contributed by atoms with van der Waals surface area (Å²) >= 11 is 5.61. The summed E-state index contributed by atoms with van der Waals surface area (Å²) < 4.78 is 0. The van der Waals surface area contributed by atoms with E-state index in [0.29, 0.717) is 5.56 Å². The van der Waals surface area contributed by atoms with E-state index < -0.39 is 17.9 Å². The Labute approximate surface area is 91.6 Å². The molecule has 15 heavy (non-hydrogen) atoms. The van der Waals surface area contributed by atoms with E-state index in [1.807, 2.05) is 0 Å². The Hall–Kier alpha value is -1.62. The van der Waals surface area contributed by atoms with Crippen molar-refractivity contribution in [3.05, 3.63) is 29.0 Å². The highest BCUT2D eigenvalue weighted by Crippen LogP contribution is 2.06. The number of halogens is 1. The first-order chi connectivity index (χ1) is 7.00. The minimum Gasteiger partial charge on any atom is -0.368 e. The van der Waals surface area contributed by atoms with Gasteiger partial charge >= 0.3 is 0 Å². The van der Waals surface area contributed by atoms with E-state index in [2.05, 4.69) is 10.3 Å². The van der Waals surface area contributed by atoms with Crippen molar-refractivity contribution in [1.29, 1.82) is 0 Å². The lowest BCUT2D eigenvalue weighted by Gasteiger charge is -2.09. The van der Waals surface area contributed by atoms with Crippen molar-refractivity contribution in [2.24, 2.45) is 5.73 Å². The van der Waals surface area contributed by atoms with Gasteiger partial charge in [-0.05, 0) is 19.1 Å². The van der Waals surface area contributed by atoms with Crippen LogP contribution in [-0.4, -0.2) is 22.8 Å². The molecule has 3 N–H and O–H groups in total. The number of carbonyl (C=O) groups excluding carboxylic acids is 2. The van der Waals surface area contributed by atoms with E-state index >= 15 is 0 Å². The number of pyridine rings is 1. The monoisotopic (exact) mass is 227 g/mol. The van der Waals surface area contributed by atoms with Crippen molar-refractivity contribution in [3.8, 4) is 0 Å². The maximum absolute atomic E-state index is 11.5. The Kier molecular flexibility index (Phi) is 3.62. The number of carbonyl (C=O) groups is 2. The zero-order valence-electron chi connectivity index (χ0n) is 8.03. The minimum absolute atomic E-state index is 0.217. The molecule has 0 bridgehead atoms. The molecule has 6 heteroatoms. The summed E-state index contributed by atoms with van der Waals surface area (Å²) in [6.07, 6.45) is 1.41. The molecule has 1 aromatic rings. The number of hydrogen-bond acceptors (Lipinski definition) is 3. The lowest BCUT2D eigenvalue weighted by atomic mass is 10.2. The highest BCUT2D eigenvalue weighted by atomic mass is 35.5. The number of nitrogens with zero attached hydrogens (tertiary/aromatic N) is 1. The van der Waals surface area contributed by atoms with Gasteiger partial charge in [0.1, 0.15) is 11.2 Å². The summed E-state index contributed by atoms with van der Waals surface area (Å²) in [5, 5.41) is 2.64. The van der Waals surface area contributed by atoms with Crippen LogP contribution in [0.25, 0.3) is 0 Å². The number of rotatable bonds is 3. The second-order valence-electron chi connectivity index (χ2n) is 2.96. The van der Waals surface area contributed by atoms with Crippen LogP contribution < -0.4 is 11.1 Å². The van der Waals surface area contributed by atoms with Crippen molar-refractivity contribution in [3.63, 3.8) is 0 Å². The molecule has 80 valence electrons. The van der Waals surface area contributed by atoms with Crippen molar-refractivity contribution in [2.75, 3.05) is 0 Å². The van der Waals surface area contributed by atoms with E-state index in [1.165, 1.54) is 25.3 Å². The molecule has 1 unspecified atom stereocenters. The van der Waals surface area contributed by atoms with Crippen LogP contribution in [-0.2, 0) is 4.79 Å². The fourth-order valence-corrected chi connectivity index (χ4v) is 1.07. The second kappa shape index (κ2) is 4.75. The first kappa shape index (κ1) is 11.5. The minimum atomic E-state index is -0.718. The molecule has 2 amide bonds. The molecule has 0 radical (unpaired) electrons. The van der Waals surface area contributed by atoms with Gasteiger partial charge in [-0.3, -0.25) is 9.59 Å². The number of nitrogens with two attached hydrogens (primary N) is 1. The first-order valence-electron chi connectivity index (χ1n) is 4.22. The molecule has 0 fully saturated rings. The van der Waals surface area contributed by atoms with Crippen molar-refractivity contribution in [1.82, 2.24) is 10.3 Å². The average Bonchev–Trinajstić information content (AvgIpc) is 2.17. The molecular formula is C9H10ClN3O2. The SMILES string of the molecule is CC(NC(=O)c1ccnc(Cl)c1)C(N)=O. The van der Waals surface area contributed by atoms with Crippen molar-refractivity contribution < 1.29 is 9.59 Å². The zero-order valence-corrected chi connectivity index (χ0v) is 8.78. The second-order valence-corrected chi connectivity index (χ2v) is 3.35. The van der Waals surface area contributed by atoms with E-state index in [9.17, 15) is 9.59 Å². The van der Waals surface area contributed by atoms with Gasteiger partial charge < -0.3 is 11.1 Å². The Balaban J connectivity index is 2.73. The van der Waals surface area contributed by atoms with Gasteiger partial charge in [0, 0.05) is 11.8 Å². The number of primary amides is 1. The fraction of sp³-hybridized carbons (Fsp3) is 0.222. The van der Waals surface area contributed by atoms with Gasteiger partial charge in [-0.2, -0.15) is 0 Å². The summed E-state index contributed by atoms with van der Waals surface area (Å²) in [5.74, 6) is -1.01. The Bertz CT molecular complexity index is 395. The van der Waals surface area contributed by atoms with Gasteiger partial charge in [0.25, 0.3) is 5.91 Å². The van der Waals surface area contributed by atoms with E-state index in [-0.39, 0.29) is 5.15 Å². The molecule has 0 aliphatic rings. The molecule has 0 aliphatic carbocycles. The standard InChI is InChI=1S/C9H10ClN3O2/c1-5(8(11)14)13-9(15)6-2-3-12-7(10)4-6/h2-5H,1H3,(H2,11,14)(H,13,15). The Morgan fingerprint density at radius 2 is 2.27 bits per heavy atom. The van der Waals surface area contributed by atoms with Crippen LogP contribution in [0.15, 0.2) is 18.3 Å². The summed E-state index contributed by atoms with van der Waals surface area (Å²) in [6.45, 7) is 1.50. The van der Waals surface area contributed by atoms with Crippen LogP contribution in [0.3, 0.4) is 0 Å². The average molecular weight is 228 g/mol. The number of amides is 2. The maximum Gasteiger partial charge on any atom is 0.252 e. The normalized spacial score (nSPS) is 11.9. The molecule has 1 aromatic heterocycles. The summed E-state index contributed by atoms with van der Waals surface area (Å²) in [7, 11) is 0. The van der Waals surface area contributed by atoms with Gasteiger partial charge in [-0.15, -0.1) is 0 Å². The summed E-state index contributed by atoms with van der Waals surface area (Å²) in [4.78, 5) is 25.9. The third kappa shape index (κ3) is 3.21. The molecule has 0 saturated carbocycles. The number of nitrogens with one attached hydrogen (secondary N) is 1. The molecule has 0 aliphatic heterocycles. The third-order valence-corrected chi connectivity index (χ3v) is 1.97. The van der Waals surface area contributed by atoms with Crippen LogP contribution in [0.4, 0.5) is 0 Å². The highest BCUT2D eigenvalue weighted by molar-refractivity contribution is 6.29. The fourth-order valence-electron chi connectivity index (χ4n) is 0.895. The smallest absolute Gasteiger partial charge is 0.252 e. The largest absolute Gasteiger partial charge is 0.368 e. The zero-order chi connectivity index (χ0) is 11.4. The number of aromatic nitrogens is 1. The molecule has 1 rings (SSSR count). The Morgan fingerprint density at radius 3 is 2.80 bits per heavy atom. The van der Waals surface area contributed by atoms with Gasteiger partial charge in [0.05, 0.1) is 0 Å². The van der Waals surface area contributed by atoms with E-state index in [0.717, 1.165) is 0 Å². The molecular weight excluding hydrogens is 218 g/mol. The Morgan fingerprint density at radius 1 is 1.60 bits per heavy atom. The van der Waals surface area contributed by atoms with Gasteiger partial charge in [0.2, 0.25) is 5.91 Å². The predicted molar refractivity (Wildman–Crippen MR) is 55.4 cm³/mol. The highest BCUT2D eigenvalue weighted by Gasteiger charge is 2.13. The summed E-state index contributed by atoms with van der Waals surface area (Å²) in [5.41, 5.74) is 5.34. The third-order valence-electron chi connectivity index (χ3n) is 1.76. The van der Waals surface area contributed by atoms with Crippen LogP contribution in [0.1, 0.15) is 17.3 Å². The van der Waals surface area contributed by atoms with E-state index in [4.69, 9.17) is 17.3 Å². The van der Waals surface area contributed by atoms with Crippen molar-refractivity contribution in [2.45, 2.75) is 13.0 Å². The molecule has 0 saturated heterocycles. The van der Waals surface area contributed by atoms with Crippen molar-refractivity contribution >= 4 is 23.4 Å². The molecule has 1 atom stereocenters. The lowest BCUT2D eigenvalue weighted by molar-refractivity contribution is -0.119. The van der Waals surface area contributed by atoms with Crippen LogP contribution in [0, 0.1) is 0 Å². The maximum atomic E-state index is 11.5. The molecule has 0 aromatic carbocycles. The van der Waals surface area contributed by atoms with E-state index in [1.54, 1.807) is 0 Å². The summed E-state index contributed by atoms with van der Waals surface area (Å²) in [6, 6.07) is 2.18. The van der Waals surface area contributed by atoms with Gasteiger partial charge in [0.15, 0.2) is 0 Å². The first-order valence-corrected chi connectivity index (χ1v) is 4.60.